The Morgan fingerprint density at radius 3 is 2.84 bits per heavy atom. The van der Waals surface area contributed by atoms with Crippen molar-refractivity contribution in [3.63, 3.8) is 0 Å². The van der Waals surface area contributed by atoms with Gasteiger partial charge in [0.15, 0.2) is 0 Å². The van der Waals surface area contributed by atoms with Crippen molar-refractivity contribution in [2.45, 2.75) is 65.5 Å². The quantitative estimate of drug-likeness (QED) is 0.783. The summed E-state index contributed by atoms with van der Waals surface area (Å²) in [6, 6.07) is 8.59. The third-order valence-electron chi connectivity index (χ3n) is 7.52. The Kier molecular flexibility index (Phi) is 4.79. The van der Waals surface area contributed by atoms with E-state index >= 15 is 0 Å². The van der Waals surface area contributed by atoms with E-state index in [0.717, 1.165) is 37.0 Å². The molecule has 1 saturated carbocycles. The number of carbonyl (C=O) groups excluding carboxylic acids is 2. The van der Waals surface area contributed by atoms with Crippen LogP contribution in [-0.4, -0.2) is 52.4 Å². The second-order valence-electron chi connectivity index (χ2n) is 11.0. The van der Waals surface area contributed by atoms with Crippen LogP contribution in [0.15, 0.2) is 24.3 Å². The van der Waals surface area contributed by atoms with Gasteiger partial charge < -0.3 is 20.1 Å². The molecule has 2 atom stereocenters. The van der Waals surface area contributed by atoms with E-state index in [1.54, 1.807) is 0 Å². The van der Waals surface area contributed by atoms with Crippen LogP contribution in [0.4, 0.5) is 4.79 Å². The Morgan fingerprint density at radius 1 is 1.19 bits per heavy atom. The van der Waals surface area contributed by atoms with Crippen molar-refractivity contribution in [3.05, 3.63) is 35.5 Å². The highest BCUT2D eigenvalue weighted by molar-refractivity contribution is 5.85. The second kappa shape index (κ2) is 7.28. The molecule has 2 aromatic rings. The zero-order valence-corrected chi connectivity index (χ0v) is 19.0. The van der Waals surface area contributed by atoms with Gasteiger partial charge in [-0.2, -0.15) is 0 Å². The van der Waals surface area contributed by atoms with Gasteiger partial charge in [0, 0.05) is 48.7 Å². The SMILES string of the molecule is CC1(C)CC2CC(C)(CN2C(=O)CCNC(=O)N2CCc3c([nH]c4ccccc34)C2)C1. The minimum atomic E-state index is -0.0784. The number of H-pyrrole nitrogens is 1. The number of amides is 3. The molecule has 0 radical (unpaired) electrons. The summed E-state index contributed by atoms with van der Waals surface area (Å²) in [4.78, 5) is 33.0. The first-order valence-electron chi connectivity index (χ1n) is 11.6. The fourth-order valence-electron chi connectivity index (χ4n) is 6.65. The molecule has 3 aliphatic rings. The first-order valence-corrected chi connectivity index (χ1v) is 11.6. The molecule has 6 heteroatoms. The molecule has 1 aromatic heterocycles. The van der Waals surface area contributed by atoms with Crippen molar-refractivity contribution in [2.24, 2.45) is 10.8 Å². The highest BCUT2D eigenvalue weighted by atomic mass is 16.2. The predicted molar refractivity (Wildman–Crippen MR) is 122 cm³/mol. The number of nitrogens with zero attached hydrogens (tertiary/aromatic N) is 2. The molecule has 1 aliphatic carbocycles. The van der Waals surface area contributed by atoms with Crippen molar-refractivity contribution in [1.29, 1.82) is 0 Å². The minimum absolute atomic E-state index is 0.0784. The van der Waals surface area contributed by atoms with Crippen LogP contribution in [0.5, 0.6) is 0 Å². The third-order valence-corrected chi connectivity index (χ3v) is 7.52. The average Bonchev–Trinajstić information content (AvgIpc) is 3.20. The summed E-state index contributed by atoms with van der Waals surface area (Å²) in [6.45, 7) is 9.53. The van der Waals surface area contributed by atoms with Crippen LogP contribution in [0.25, 0.3) is 10.9 Å². The molecule has 166 valence electrons. The number of urea groups is 1. The highest BCUT2D eigenvalue weighted by Gasteiger charge is 2.50. The monoisotopic (exact) mass is 422 g/mol. The van der Waals surface area contributed by atoms with E-state index in [1.807, 2.05) is 11.0 Å². The Hall–Kier alpha value is -2.50. The van der Waals surface area contributed by atoms with E-state index < -0.39 is 0 Å². The number of hydrogen-bond acceptors (Lipinski definition) is 2. The Labute approximate surface area is 184 Å². The molecule has 2 unspecified atom stereocenters. The molecule has 31 heavy (non-hydrogen) atoms. The van der Waals surface area contributed by atoms with Crippen molar-refractivity contribution in [1.82, 2.24) is 20.1 Å². The maximum Gasteiger partial charge on any atom is 0.317 e. The lowest BCUT2D eigenvalue weighted by molar-refractivity contribution is -0.132. The van der Waals surface area contributed by atoms with Gasteiger partial charge in [0.1, 0.15) is 0 Å². The first kappa shape index (κ1) is 20.4. The van der Waals surface area contributed by atoms with Gasteiger partial charge in [0.25, 0.3) is 0 Å². The fraction of sp³-hybridized carbons (Fsp3) is 0.600. The van der Waals surface area contributed by atoms with Crippen LogP contribution < -0.4 is 5.32 Å². The van der Waals surface area contributed by atoms with Crippen LogP contribution in [-0.2, 0) is 17.8 Å². The Morgan fingerprint density at radius 2 is 2.00 bits per heavy atom. The molecule has 0 spiro atoms. The molecule has 5 rings (SSSR count). The molecule has 3 amide bonds. The van der Waals surface area contributed by atoms with E-state index in [9.17, 15) is 9.59 Å². The molecular weight excluding hydrogens is 388 g/mol. The lowest BCUT2D eigenvalue weighted by Gasteiger charge is -2.39. The summed E-state index contributed by atoms with van der Waals surface area (Å²) >= 11 is 0. The fourth-order valence-corrected chi connectivity index (χ4v) is 6.65. The van der Waals surface area contributed by atoms with Crippen LogP contribution in [0, 0.1) is 10.8 Å². The maximum absolute atomic E-state index is 12.9. The third kappa shape index (κ3) is 3.81. The second-order valence-corrected chi connectivity index (χ2v) is 11.0. The first-order chi connectivity index (χ1) is 14.7. The van der Waals surface area contributed by atoms with Crippen LogP contribution in [0.3, 0.4) is 0 Å². The van der Waals surface area contributed by atoms with Crippen molar-refractivity contribution in [2.75, 3.05) is 19.6 Å². The van der Waals surface area contributed by atoms with Gasteiger partial charge in [0.05, 0.1) is 6.54 Å². The van der Waals surface area contributed by atoms with Crippen LogP contribution in [0.2, 0.25) is 0 Å². The van der Waals surface area contributed by atoms with E-state index in [4.69, 9.17) is 0 Å². The van der Waals surface area contributed by atoms with Gasteiger partial charge in [-0.15, -0.1) is 0 Å². The van der Waals surface area contributed by atoms with Gasteiger partial charge in [-0.3, -0.25) is 4.79 Å². The minimum Gasteiger partial charge on any atom is -0.357 e. The number of hydrogen-bond donors (Lipinski definition) is 2. The normalized spacial score (nSPS) is 26.7. The van der Waals surface area contributed by atoms with Crippen LogP contribution in [0.1, 0.15) is 57.7 Å². The number of para-hydroxylation sites is 1. The molecule has 1 saturated heterocycles. The van der Waals surface area contributed by atoms with Gasteiger partial charge >= 0.3 is 6.03 Å². The molecule has 2 N–H and O–H groups in total. The smallest absolute Gasteiger partial charge is 0.317 e. The lowest BCUT2D eigenvalue weighted by Crippen LogP contribution is -2.44. The van der Waals surface area contributed by atoms with E-state index in [2.05, 4.69) is 54.2 Å². The number of aromatic nitrogens is 1. The summed E-state index contributed by atoms with van der Waals surface area (Å²) in [5.74, 6) is 0.184. The molecule has 6 nitrogen and oxygen atoms in total. The summed E-state index contributed by atoms with van der Waals surface area (Å²) in [5, 5.41) is 4.24. The summed E-state index contributed by atoms with van der Waals surface area (Å²) in [7, 11) is 0. The van der Waals surface area contributed by atoms with Crippen molar-refractivity contribution >= 4 is 22.8 Å². The number of aromatic amines is 1. The molecule has 3 heterocycles. The lowest BCUT2D eigenvalue weighted by atomic mass is 9.65. The maximum atomic E-state index is 12.9. The standard InChI is InChI=1S/C25H34N4O2/c1-24(2)12-17-13-25(3,15-24)16-29(17)22(30)8-10-26-23(31)28-11-9-19-18-6-4-5-7-20(18)27-21(19)14-28/h4-7,17,27H,8-16H2,1-3H3,(H,26,31). The van der Waals surface area contributed by atoms with Gasteiger partial charge in [-0.1, -0.05) is 39.0 Å². The number of carbonyl (C=O) groups is 2. The topological polar surface area (TPSA) is 68.4 Å². The average molecular weight is 423 g/mol. The van der Waals surface area contributed by atoms with Crippen LogP contribution >= 0.6 is 0 Å². The largest absolute Gasteiger partial charge is 0.357 e. The van der Waals surface area contributed by atoms with Crippen molar-refractivity contribution < 1.29 is 9.59 Å². The molecule has 2 aliphatic heterocycles. The molecule has 2 bridgehead atoms. The number of likely N-dealkylation sites (tertiary alicyclic amines) is 1. The molecule has 1 aromatic carbocycles. The van der Waals surface area contributed by atoms with E-state index in [0.29, 0.717) is 37.5 Å². The zero-order chi connectivity index (χ0) is 21.8. The highest BCUT2D eigenvalue weighted by Crippen LogP contribution is 2.52. The molecular formula is C25H34N4O2. The predicted octanol–water partition coefficient (Wildman–Crippen LogP) is 4.05. The number of benzene rings is 1. The van der Waals surface area contributed by atoms with Gasteiger partial charge in [-0.25, -0.2) is 4.79 Å². The summed E-state index contributed by atoms with van der Waals surface area (Å²) in [6.07, 6.45) is 4.62. The van der Waals surface area contributed by atoms with Gasteiger partial charge in [-0.05, 0) is 48.1 Å². The van der Waals surface area contributed by atoms with Gasteiger partial charge in [0.2, 0.25) is 5.91 Å². The van der Waals surface area contributed by atoms with E-state index in [-0.39, 0.29) is 17.4 Å². The Balaban J connectivity index is 1.14. The molecule has 2 fully saturated rings. The zero-order valence-electron chi connectivity index (χ0n) is 19.0. The number of fused-ring (bicyclic) bond motifs is 5. The Bertz CT molecular complexity index is 1030. The number of rotatable bonds is 3. The van der Waals surface area contributed by atoms with E-state index in [1.165, 1.54) is 17.4 Å². The summed E-state index contributed by atoms with van der Waals surface area (Å²) in [5.41, 5.74) is 4.13. The van der Waals surface area contributed by atoms with Crippen molar-refractivity contribution in [3.8, 4) is 0 Å². The number of nitrogens with one attached hydrogen (secondary N) is 2. The summed E-state index contributed by atoms with van der Waals surface area (Å²) < 4.78 is 0.